The van der Waals surface area contributed by atoms with E-state index in [1.807, 2.05) is 24.3 Å². The molecular formula is C16H15N5O2. The van der Waals surface area contributed by atoms with Gasteiger partial charge in [-0.2, -0.15) is 4.98 Å². The van der Waals surface area contributed by atoms with E-state index in [-0.39, 0.29) is 6.10 Å². The number of ether oxygens (including phenoxy) is 1. The molecule has 23 heavy (non-hydrogen) atoms. The Labute approximate surface area is 132 Å². The van der Waals surface area contributed by atoms with Crippen molar-refractivity contribution in [1.29, 1.82) is 0 Å². The van der Waals surface area contributed by atoms with Crippen molar-refractivity contribution in [3.63, 3.8) is 0 Å². The zero-order valence-electron chi connectivity index (χ0n) is 12.3. The minimum atomic E-state index is 0.165. The van der Waals surface area contributed by atoms with Crippen LogP contribution in [0.4, 0.5) is 0 Å². The first-order valence-electron chi connectivity index (χ1n) is 7.47. The lowest BCUT2D eigenvalue weighted by molar-refractivity contribution is 0.223. The van der Waals surface area contributed by atoms with Gasteiger partial charge in [-0.25, -0.2) is 4.98 Å². The van der Waals surface area contributed by atoms with Gasteiger partial charge in [0.05, 0.1) is 11.8 Å². The molecule has 1 saturated heterocycles. The lowest BCUT2D eigenvalue weighted by Gasteiger charge is -2.14. The van der Waals surface area contributed by atoms with Gasteiger partial charge in [0, 0.05) is 18.9 Å². The summed E-state index contributed by atoms with van der Waals surface area (Å²) in [5.41, 5.74) is 1.35. The molecule has 0 unspecified atom stereocenters. The normalized spacial score (nSPS) is 17.3. The highest BCUT2D eigenvalue weighted by Crippen LogP contribution is 2.30. The first kappa shape index (κ1) is 13.8. The molecule has 0 saturated carbocycles. The highest BCUT2D eigenvalue weighted by molar-refractivity contribution is 5.64. The highest BCUT2D eigenvalue weighted by atomic mass is 16.5. The summed E-state index contributed by atoms with van der Waals surface area (Å²) in [5, 5.41) is 7.27. The third-order valence-corrected chi connectivity index (χ3v) is 3.64. The summed E-state index contributed by atoms with van der Waals surface area (Å²) in [4.78, 5) is 12.6. The predicted octanol–water partition coefficient (Wildman–Crippen LogP) is 1.93. The molecule has 116 valence electrons. The summed E-state index contributed by atoms with van der Waals surface area (Å²) >= 11 is 0. The average molecular weight is 309 g/mol. The van der Waals surface area contributed by atoms with E-state index >= 15 is 0 Å². The van der Waals surface area contributed by atoms with Gasteiger partial charge in [-0.05, 0) is 25.1 Å². The van der Waals surface area contributed by atoms with Gasteiger partial charge < -0.3 is 14.6 Å². The number of hydrogen-bond donors (Lipinski definition) is 1. The second-order valence-corrected chi connectivity index (χ2v) is 5.24. The fourth-order valence-corrected chi connectivity index (χ4v) is 2.51. The average Bonchev–Trinajstić information content (AvgIpc) is 3.28. The zero-order chi connectivity index (χ0) is 15.5. The number of nitrogens with zero attached hydrogens (tertiary/aromatic N) is 4. The number of nitrogens with one attached hydrogen (secondary N) is 1. The zero-order valence-corrected chi connectivity index (χ0v) is 12.3. The van der Waals surface area contributed by atoms with E-state index in [1.54, 1.807) is 18.6 Å². The summed E-state index contributed by atoms with van der Waals surface area (Å²) in [6.07, 6.45) is 5.95. The third-order valence-electron chi connectivity index (χ3n) is 3.64. The Balaban J connectivity index is 1.64. The maximum absolute atomic E-state index is 6.06. The summed E-state index contributed by atoms with van der Waals surface area (Å²) in [6, 6.07) is 7.67. The molecule has 1 fully saturated rings. The lowest BCUT2D eigenvalue weighted by atomic mass is 10.2. The molecule has 0 aliphatic carbocycles. The van der Waals surface area contributed by atoms with E-state index in [0.29, 0.717) is 17.4 Å². The van der Waals surface area contributed by atoms with Crippen molar-refractivity contribution in [3.8, 4) is 28.7 Å². The van der Waals surface area contributed by atoms with Crippen LogP contribution in [-0.2, 0) is 0 Å². The number of rotatable bonds is 4. The van der Waals surface area contributed by atoms with Gasteiger partial charge in [0.15, 0.2) is 0 Å². The molecule has 7 heteroatoms. The summed E-state index contributed by atoms with van der Waals surface area (Å²) in [7, 11) is 0. The van der Waals surface area contributed by atoms with Gasteiger partial charge in [-0.15, -0.1) is 0 Å². The molecule has 1 N–H and O–H groups in total. The van der Waals surface area contributed by atoms with Crippen LogP contribution in [0.3, 0.4) is 0 Å². The third kappa shape index (κ3) is 2.91. The van der Waals surface area contributed by atoms with Crippen LogP contribution in [0, 0.1) is 0 Å². The highest BCUT2D eigenvalue weighted by Gasteiger charge is 2.20. The minimum absolute atomic E-state index is 0.165. The molecule has 0 radical (unpaired) electrons. The van der Waals surface area contributed by atoms with E-state index < -0.39 is 0 Å². The second-order valence-electron chi connectivity index (χ2n) is 5.24. The van der Waals surface area contributed by atoms with E-state index in [1.165, 1.54) is 0 Å². The van der Waals surface area contributed by atoms with Gasteiger partial charge in [-0.1, -0.05) is 17.3 Å². The Bertz CT molecular complexity index is 784. The van der Waals surface area contributed by atoms with Crippen molar-refractivity contribution in [3.05, 3.63) is 42.9 Å². The van der Waals surface area contributed by atoms with Crippen molar-refractivity contribution in [2.45, 2.75) is 12.5 Å². The molecular weight excluding hydrogens is 294 g/mol. The molecule has 2 aromatic heterocycles. The second kappa shape index (κ2) is 6.13. The smallest absolute Gasteiger partial charge is 0.262 e. The number of aromatic nitrogens is 4. The Hall–Kier alpha value is -2.80. The van der Waals surface area contributed by atoms with E-state index in [9.17, 15) is 0 Å². The van der Waals surface area contributed by atoms with Gasteiger partial charge in [0.2, 0.25) is 5.82 Å². The van der Waals surface area contributed by atoms with Gasteiger partial charge in [-0.3, -0.25) is 4.98 Å². The molecule has 4 rings (SSSR count). The van der Waals surface area contributed by atoms with Crippen LogP contribution in [0.15, 0.2) is 47.4 Å². The van der Waals surface area contributed by atoms with Crippen LogP contribution < -0.4 is 10.1 Å². The first-order valence-corrected chi connectivity index (χ1v) is 7.47. The van der Waals surface area contributed by atoms with Crippen LogP contribution in [0.5, 0.6) is 5.75 Å². The monoisotopic (exact) mass is 309 g/mol. The van der Waals surface area contributed by atoms with Crippen LogP contribution >= 0.6 is 0 Å². The van der Waals surface area contributed by atoms with Crippen molar-refractivity contribution < 1.29 is 9.26 Å². The van der Waals surface area contributed by atoms with E-state index in [2.05, 4.69) is 25.4 Å². The number of hydrogen-bond acceptors (Lipinski definition) is 7. The first-order chi connectivity index (χ1) is 11.4. The van der Waals surface area contributed by atoms with Gasteiger partial charge in [0.1, 0.15) is 17.5 Å². The van der Waals surface area contributed by atoms with Crippen molar-refractivity contribution in [1.82, 2.24) is 25.4 Å². The Morgan fingerprint density at radius 2 is 2.17 bits per heavy atom. The number of para-hydroxylation sites is 1. The molecule has 1 aliphatic rings. The number of benzene rings is 1. The van der Waals surface area contributed by atoms with Crippen molar-refractivity contribution in [2.24, 2.45) is 0 Å². The van der Waals surface area contributed by atoms with Crippen LogP contribution in [0.2, 0.25) is 0 Å². The summed E-state index contributed by atoms with van der Waals surface area (Å²) in [5.74, 6) is 1.56. The Morgan fingerprint density at radius 3 is 3.00 bits per heavy atom. The SMILES string of the molecule is c1ccc(-c2nc(-c3cnccn3)no2)c(O[C@@H]2CCNC2)c1. The van der Waals surface area contributed by atoms with Crippen LogP contribution in [0.1, 0.15) is 6.42 Å². The quantitative estimate of drug-likeness (QED) is 0.788. The molecule has 0 amide bonds. The lowest BCUT2D eigenvalue weighted by Crippen LogP contribution is -2.19. The Morgan fingerprint density at radius 1 is 1.22 bits per heavy atom. The molecule has 1 aromatic carbocycles. The van der Waals surface area contributed by atoms with Gasteiger partial charge in [0.25, 0.3) is 5.89 Å². The molecule has 3 heterocycles. The van der Waals surface area contributed by atoms with Gasteiger partial charge >= 0.3 is 0 Å². The fourth-order valence-electron chi connectivity index (χ4n) is 2.51. The molecule has 0 bridgehead atoms. The minimum Gasteiger partial charge on any atom is -0.488 e. The summed E-state index contributed by atoms with van der Waals surface area (Å²) in [6.45, 7) is 1.83. The summed E-state index contributed by atoms with van der Waals surface area (Å²) < 4.78 is 11.4. The topological polar surface area (TPSA) is 86.0 Å². The largest absolute Gasteiger partial charge is 0.488 e. The molecule has 7 nitrogen and oxygen atoms in total. The maximum atomic E-state index is 6.06. The van der Waals surface area contributed by atoms with Crippen molar-refractivity contribution in [2.75, 3.05) is 13.1 Å². The predicted molar refractivity (Wildman–Crippen MR) is 82.7 cm³/mol. The van der Waals surface area contributed by atoms with Crippen LogP contribution in [-0.4, -0.2) is 39.3 Å². The molecule has 0 spiro atoms. The Kier molecular flexibility index (Phi) is 3.69. The standard InChI is InChI=1S/C16H15N5O2/c1-2-4-14(22-11-5-6-17-9-11)12(3-1)16-20-15(21-23-16)13-10-18-7-8-19-13/h1-4,7-8,10-11,17H,5-6,9H2/t11-/m1/s1. The molecule has 1 atom stereocenters. The fraction of sp³-hybridized carbons (Fsp3) is 0.250. The van der Waals surface area contributed by atoms with Crippen LogP contribution in [0.25, 0.3) is 23.0 Å². The molecule has 1 aliphatic heterocycles. The van der Waals surface area contributed by atoms with E-state index in [4.69, 9.17) is 9.26 Å². The van der Waals surface area contributed by atoms with Crippen molar-refractivity contribution >= 4 is 0 Å². The van der Waals surface area contributed by atoms with E-state index in [0.717, 1.165) is 30.8 Å². The maximum Gasteiger partial charge on any atom is 0.262 e. The molecule has 3 aromatic rings.